The molecule has 0 spiro atoms. The van der Waals surface area contributed by atoms with Gasteiger partial charge < -0.3 is 20.7 Å². The summed E-state index contributed by atoms with van der Waals surface area (Å²) in [5, 5.41) is 8.93. The Labute approximate surface area is 137 Å². The van der Waals surface area contributed by atoms with E-state index in [1.54, 1.807) is 0 Å². The monoisotopic (exact) mass is 320 g/mol. The number of rotatable bonds is 3. The maximum Gasteiger partial charge on any atom is 0.323 e. The zero-order valence-corrected chi connectivity index (χ0v) is 12.3. The van der Waals surface area contributed by atoms with Crippen LogP contribution in [0.25, 0.3) is 0 Å². The van der Waals surface area contributed by atoms with Crippen molar-refractivity contribution in [3.8, 4) is 5.75 Å². The van der Waals surface area contributed by atoms with Gasteiger partial charge >= 0.3 is 6.03 Å². The molecule has 0 unspecified atom stereocenters. The topological polar surface area (TPSA) is 62.4 Å². The highest BCUT2D eigenvalue weighted by Crippen LogP contribution is 2.30. The van der Waals surface area contributed by atoms with Gasteiger partial charge in [0.25, 0.3) is 0 Å². The van der Waals surface area contributed by atoms with Gasteiger partial charge in [-0.15, -0.1) is 0 Å². The Kier molecular flexibility index (Phi) is 3.13. The number of ether oxygens (including phenoxy) is 1. The summed E-state index contributed by atoms with van der Waals surface area (Å²) in [6.07, 6.45) is 0.816. The van der Waals surface area contributed by atoms with Crippen molar-refractivity contribution in [2.75, 3.05) is 29.5 Å². The first kappa shape index (κ1) is 11.2. The second-order valence-electron chi connectivity index (χ2n) is 4.83. The minimum atomic E-state index is -2.63. The third-order valence-electron chi connectivity index (χ3n) is 3.41. The molecule has 3 N–H and O–H groups in total. The molecule has 1 aliphatic heterocycles. The molecule has 0 aliphatic carbocycles. The van der Waals surface area contributed by atoms with E-state index in [2.05, 4.69) is 16.0 Å². The van der Waals surface area contributed by atoms with Gasteiger partial charge in [0, 0.05) is 28.5 Å². The van der Waals surface area contributed by atoms with E-state index in [9.17, 15) is 4.79 Å². The van der Waals surface area contributed by atoms with E-state index >= 15 is 0 Å². The molecule has 0 saturated heterocycles. The fourth-order valence-corrected chi connectivity index (χ4v) is 2.60. The number of carbonyl (C=O) groups excluding carboxylic acids is 1. The van der Waals surface area contributed by atoms with Gasteiger partial charge in [0.15, 0.2) is 0 Å². The van der Waals surface area contributed by atoms with Gasteiger partial charge in [0.2, 0.25) is 0 Å². The summed E-state index contributed by atoms with van der Waals surface area (Å²) in [4.78, 5) is 12.3. The first-order chi connectivity index (χ1) is 11.8. The molecule has 0 bridgehead atoms. The average Bonchev–Trinajstić information content (AvgIpc) is 2.98. The highest BCUT2D eigenvalue weighted by molar-refractivity contribution is 6.31. The van der Waals surface area contributed by atoms with Gasteiger partial charge in [-0.1, -0.05) is 17.7 Å². The summed E-state index contributed by atoms with van der Waals surface area (Å²) in [5.74, 6) is 0.0134. The molecule has 5 nitrogen and oxygen atoms in total. The smallest absolute Gasteiger partial charge is 0.323 e. The van der Waals surface area contributed by atoms with Gasteiger partial charge in [-0.05, 0) is 36.8 Å². The molecule has 0 saturated carbocycles. The van der Waals surface area contributed by atoms with Crippen LogP contribution >= 0.6 is 11.6 Å². The van der Waals surface area contributed by atoms with Gasteiger partial charge in [0.1, 0.15) is 5.75 Å². The molecule has 22 heavy (non-hydrogen) atoms. The van der Waals surface area contributed by atoms with Crippen LogP contribution in [0.15, 0.2) is 36.4 Å². The minimum Gasteiger partial charge on any atom is -0.495 e. The minimum absolute atomic E-state index is 0.0134. The van der Waals surface area contributed by atoms with E-state index in [1.165, 1.54) is 18.2 Å². The highest BCUT2D eigenvalue weighted by Gasteiger charge is 2.16. The van der Waals surface area contributed by atoms with E-state index in [4.69, 9.17) is 20.5 Å². The lowest BCUT2D eigenvalue weighted by Gasteiger charge is -2.13. The molecule has 2 aromatic carbocycles. The fourth-order valence-electron chi connectivity index (χ4n) is 2.43. The summed E-state index contributed by atoms with van der Waals surface area (Å²) in [6, 6.07) is 9.40. The van der Waals surface area contributed by atoms with Crippen molar-refractivity contribution in [2.24, 2.45) is 0 Å². The lowest BCUT2D eigenvalue weighted by Crippen LogP contribution is -2.20. The summed E-state index contributed by atoms with van der Waals surface area (Å²) in [5.41, 5.74) is 2.89. The maximum absolute atomic E-state index is 12.3. The third kappa shape index (κ3) is 2.94. The molecule has 0 atom stereocenters. The van der Waals surface area contributed by atoms with Crippen molar-refractivity contribution in [3.05, 3.63) is 47.0 Å². The molecule has 1 heterocycles. The predicted molar refractivity (Wildman–Crippen MR) is 89.3 cm³/mol. The van der Waals surface area contributed by atoms with Crippen LogP contribution in [0.1, 0.15) is 9.68 Å². The van der Waals surface area contributed by atoms with Crippen LogP contribution < -0.4 is 20.7 Å². The fraction of sp³-hybridized carbons (Fsp3) is 0.188. The van der Waals surface area contributed by atoms with Crippen LogP contribution in [0.5, 0.6) is 5.75 Å². The molecule has 3 rings (SSSR count). The van der Waals surface area contributed by atoms with Gasteiger partial charge in [-0.2, -0.15) is 0 Å². The Hall–Kier alpha value is -2.40. The molecule has 0 fully saturated rings. The Morgan fingerprint density at radius 1 is 1.32 bits per heavy atom. The normalized spacial score (nSPS) is 14.9. The second kappa shape index (κ2) is 6.15. The number of anilines is 3. The number of carbonyl (C=O) groups is 1. The number of fused-ring (bicyclic) bond motifs is 1. The molecule has 6 heteroatoms. The number of benzene rings is 2. The largest absolute Gasteiger partial charge is 0.495 e. The molecule has 0 radical (unpaired) electrons. The van der Waals surface area contributed by atoms with E-state index in [1.807, 2.05) is 18.2 Å². The van der Waals surface area contributed by atoms with Crippen LogP contribution in [0.3, 0.4) is 0 Å². The van der Waals surface area contributed by atoms with Gasteiger partial charge in [-0.25, -0.2) is 4.79 Å². The van der Waals surface area contributed by atoms with Crippen molar-refractivity contribution < 1.29 is 13.6 Å². The summed E-state index contributed by atoms with van der Waals surface area (Å²) >= 11 is 5.93. The van der Waals surface area contributed by atoms with Crippen LogP contribution in [-0.2, 0) is 6.42 Å². The summed E-state index contributed by atoms with van der Waals surface area (Å²) in [7, 11) is -2.63. The van der Waals surface area contributed by atoms with Crippen molar-refractivity contribution in [1.82, 2.24) is 0 Å². The maximum atomic E-state index is 12.3. The Bertz CT molecular complexity index is 812. The molecule has 1 aliphatic rings. The number of hydrogen-bond acceptors (Lipinski definition) is 3. The average molecular weight is 321 g/mol. The SMILES string of the molecule is [2H]C([2H])([2H])Oc1ccc(Cl)cc1NC(=O)Nc1cccc2c1CCN2. The molecule has 0 aromatic heterocycles. The third-order valence-corrected chi connectivity index (χ3v) is 3.65. The van der Waals surface area contributed by atoms with Crippen molar-refractivity contribution in [1.29, 1.82) is 0 Å². The van der Waals surface area contributed by atoms with Crippen LogP contribution in [0.4, 0.5) is 21.9 Å². The van der Waals surface area contributed by atoms with E-state index in [-0.39, 0.29) is 11.4 Å². The van der Waals surface area contributed by atoms with Crippen LogP contribution in [0, 0.1) is 0 Å². The first-order valence-electron chi connectivity index (χ1n) is 8.24. The first-order valence-corrected chi connectivity index (χ1v) is 7.12. The van der Waals surface area contributed by atoms with Crippen molar-refractivity contribution in [3.63, 3.8) is 0 Å². The number of hydrogen-bond donors (Lipinski definition) is 3. The number of halogens is 1. The summed E-state index contributed by atoms with van der Waals surface area (Å²) in [6.45, 7) is 0.820. The van der Waals surface area contributed by atoms with Gasteiger partial charge in [-0.3, -0.25) is 0 Å². The number of amides is 2. The Morgan fingerprint density at radius 3 is 3.05 bits per heavy atom. The number of urea groups is 1. The van der Waals surface area contributed by atoms with E-state index in [0.717, 1.165) is 24.2 Å². The standard InChI is InChI=1S/C16H16ClN3O2/c1-22-15-6-5-10(17)9-14(15)20-16(21)19-13-4-2-3-12-11(13)7-8-18-12/h2-6,9,18H,7-8H2,1H3,(H2,19,20,21)/i1D3. The quantitative estimate of drug-likeness (QED) is 0.802. The van der Waals surface area contributed by atoms with E-state index < -0.39 is 13.1 Å². The zero-order valence-electron chi connectivity index (χ0n) is 14.6. The van der Waals surface area contributed by atoms with Gasteiger partial charge in [0.05, 0.1) is 16.8 Å². The number of nitrogens with one attached hydrogen (secondary N) is 3. The van der Waals surface area contributed by atoms with Crippen molar-refractivity contribution >= 4 is 34.7 Å². The molecular weight excluding hydrogens is 302 g/mol. The lowest BCUT2D eigenvalue weighted by atomic mass is 10.1. The Morgan fingerprint density at radius 2 is 2.18 bits per heavy atom. The van der Waals surface area contributed by atoms with Crippen LogP contribution in [0.2, 0.25) is 5.02 Å². The highest BCUT2D eigenvalue weighted by atomic mass is 35.5. The zero-order chi connectivity index (χ0) is 18.0. The van der Waals surface area contributed by atoms with Crippen LogP contribution in [-0.4, -0.2) is 19.6 Å². The van der Waals surface area contributed by atoms with E-state index in [0.29, 0.717) is 10.7 Å². The molecule has 2 aromatic rings. The number of methoxy groups -OCH3 is 1. The molecule has 114 valence electrons. The predicted octanol–water partition coefficient (Wildman–Crippen LogP) is 3.96. The second-order valence-corrected chi connectivity index (χ2v) is 5.27. The lowest BCUT2D eigenvalue weighted by molar-refractivity contribution is 0.262. The summed E-state index contributed by atoms with van der Waals surface area (Å²) < 4.78 is 26.5. The molecule has 2 amide bonds. The Balaban J connectivity index is 1.77. The van der Waals surface area contributed by atoms with Crippen molar-refractivity contribution in [2.45, 2.75) is 6.42 Å². The molecular formula is C16H16ClN3O2.